The molecule has 0 radical (unpaired) electrons. The van der Waals surface area contributed by atoms with E-state index < -0.39 is 0 Å². The Hall–Kier alpha value is -2.80. The first-order chi connectivity index (χ1) is 12.7. The van der Waals surface area contributed by atoms with Crippen molar-refractivity contribution < 1.29 is 9.53 Å². The van der Waals surface area contributed by atoms with Crippen LogP contribution in [0, 0.1) is 0 Å². The van der Waals surface area contributed by atoms with Gasteiger partial charge in [-0.05, 0) is 17.7 Å². The van der Waals surface area contributed by atoms with E-state index in [9.17, 15) is 4.79 Å². The Balaban J connectivity index is 1.57. The summed E-state index contributed by atoms with van der Waals surface area (Å²) in [4.78, 5) is 12.2. The Morgan fingerprint density at radius 3 is 2.73 bits per heavy atom. The van der Waals surface area contributed by atoms with Gasteiger partial charge in [-0.25, -0.2) is 0 Å². The van der Waals surface area contributed by atoms with Gasteiger partial charge in [0.25, 0.3) is 0 Å². The molecule has 0 saturated carbocycles. The van der Waals surface area contributed by atoms with Gasteiger partial charge < -0.3 is 14.6 Å². The summed E-state index contributed by atoms with van der Waals surface area (Å²) in [7, 11) is 3.51. The zero-order chi connectivity index (χ0) is 18.4. The van der Waals surface area contributed by atoms with Gasteiger partial charge in [0, 0.05) is 25.2 Å². The maximum Gasteiger partial charge on any atom is 0.234 e. The summed E-state index contributed by atoms with van der Waals surface area (Å²) in [5.41, 5.74) is 1.88. The second-order valence-electron chi connectivity index (χ2n) is 5.69. The number of anilines is 1. The molecule has 3 aromatic rings. The highest BCUT2D eigenvalue weighted by Gasteiger charge is 2.12. The van der Waals surface area contributed by atoms with Gasteiger partial charge in [-0.3, -0.25) is 4.79 Å². The minimum absolute atomic E-state index is 0.101. The lowest BCUT2D eigenvalue weighted by atomic mass is 10.1. The lowest BCUT2D eigenvalue weighted by molar-refractivity contribution is -0.113. The third-order valence-electron chi connectivity index (χ3n) is 3.82. The SMILES string of the molecule is COc1cccc(NC(=O)CSc2nnc(Cc3ccccc3)n2C)c1. The highest BCUT2D eigenvalue weighted by atomic mass is 32.2. The van der Waals surface area contributed by atoms with Crippen LogP contribution in [0.1, 0.15) is 11.4 Å². The van der Waals surface area contributed by atoms with Crippen molar-refractivity contribution in [3.63, 3.8) is 0 Å². The van der Waals surface area contributed by atoms with E-state index in [0.29, 0.717) is 17.9 Å². The number of benzene rings is 2. The summed E-state index contributed by atoms with van der Waals surface area (Å²) in [5, 5.41) is 12.0. The van der Waals surface area contributed by atoms with Crippen LogP contribution in [0.3, 0.4) is 0 Å². The quantitative estimate of drug-likeness (QED) is 0.649. The van der Waals surface area contributed by atoms with Gasteiger partial charge in [0.1, 0.15) is 11.6 Å². The molecule has 26 heavy (non-hydrogen) atoms. The lowest BCUT2D eigenvalue weighted by Gasteiger charge is -2.07. The van der Waals surface area contributed by atoms with Crippen molar-refractivity contribution in [1.82, 2.24) is 14.8 Å². The number of hydrogen-bond donors (Lipinski definition) is 1. The number of nitrogens with one attached hydrogen (secondary N) is 1. The van der Waals surface area contributed by atoms with E-state index in [-0.39, 0.29) is 11.7 Å². The van der Waals surface area contributed by atoms with Crippen LogP contribution in [0.4, 0.5) is 5.69 Å². The summed E-state index contributed by atoms with van der Waals surface area (Å²) in [6.45, 7) is 0. The van der Waals surface area contributed by atoms with Crippen LogP contribution in [0.25, 0.3) is 0 Å². The summed E-state index contributed by atoms with van der Waals surface area (Å²) in [6, 6.07) is 17.4. The van der Waals surface area contributed by atoms with Gasteiger partial charge in [0.2, 0.25) is 5.91 Å². The number of rotatable bonds is 7. The number of amides is 1. The normalized spacial score (nSPS) is 10.5. The standard InChI is InChI=1S/C19H20N4O2S/c1-23-17(11-14-7-4-3-5-8-14)21-22-19(23)26-13-18(24)20-15-9-6-10-16(12-15)25-2/h3-10,12H,11,13H2,1-2H3,(H,20,24). The van der Waals surface area contributed by atoms with Crippen LogP contribution in [0.15, 0.2) is 59.8 Å². The van der Waals surface area contributed by atoms with E-state index >= 15 is 0 Å². The van der Waals surface area contributed by atoms with Crippen LogP contribution in [0.5, 0.6) is 5.75 Å². The molecule has 134 valence electrons. The van der Waals surface area contributed by atoms with E-state index in [1.807, 2.05) is 48.0 Å². The molecule has 0 saturated heterocycles. The van der Waals surface area contributed by atoms with Gasteiger partial charge in [-0.15, -0.1) is 10.2 Å². The van der Waals surface area contributed by atoms with E-state index in [4.69, 9.17) is 4.74 Å². The van der Waals surface area contributed by atoms with Gasteiger partial charge in [0.15, 0.2) is 5.16 Å². The van der Waals surface area contributed by atoms with Crippen LogP contribution in [0.2, 0.25) is 0 Å². The van der Waals surface area contributed by atoms with Gasteiger partial charge in [-0.2, -0.15) is 0 Å². The number of carbonyl (C=O) groups excluding carboxylic acids is 1. The number of nitrogens with zero attached hydrogens (tertiary/aromatic N) is 3. The van der Waals surface area contributed by atoms with E-state index in [0.717, 1.165) is 11.0 Å². The van der Waals surface area contributed by atoms with Crippen LogP contribution in [-0.2, 0) is 18.3 Å². The molecule has 1 heterocycles. The van der Waals surface area contributed by atoms with Crippen LogP contribution in [-0.4, -0.2) is 33.5 Å². The molecule has 0 spiro atoms. The molecule has 7 heteroatoms. The minimum Gasteiger partial charge on any atom is -0.497 e. The Labute approximate surface area is 156 Å². The van der Waals surface area contributed by atoms with Gasteiger partial charge in [-0.1, -0.05) is 48.2 Å². The Morgan fingerprint density at radius 1 is 1.15 bits per heavy atom. The van der Waals surface area contributed by atoms with Crippen molar-refractivity contribution in [3.8, 4) is 5.75 Å². The fourth-order valence-corrected chi connectivity index (χ4v) is 3.16. The van der Waals surface area contributed by atoms with Crippen molar-refractivity contribution in [2.24, 2.45) is 7.05 Å². The molecule has 0 aliphatic heterocycles. The number of methoxy groups -OCH3 is 1. The van der Waals surface area contributed by atoms with Crippen molar-refractivity contribution >= 4 is 23.4 Å². The summed E-state index contributed by atoms with van der Waals surface area (Å²) < 4.78 is 7.08. The molecule has 3 rings (SSSR count). The fraction of sp³-hybridized carbons (Fsp3) is 0.211. The molecule has 1 N–H and O–H groups in total. The van der Waals surface area contributed by atoms with Gasteiger partial charge in [0.05, 0.1) is 12.9 Å². The summed E-state index contributed by atoms with van der Waals surface area (Å²) in [5.74, 6) is 1.73. The third-order valence-corrected chi connectivity index (χ3v) is 4.84. The molecule has 6 nitrogen and oxygen atoms in total. The molecular formula is C19H20N4O2S. The predicted molar refractivity (Wildman–Crippen MR) is 103 cm³/mol. The van der Waals surface area contributed by atoms with Gasteiger partial charge >= 0.3 is 0 Å². The molecule has 0 unspecified atom stereocenters. The van der Waals surface area contributed by atoms with Crippen molar-refractivity contribution in [2.45, 2.75) is 11.6 Å². The molecule has 0 atom stereocenters. The van der Waals surface area contributed by atoms with E-state index in [1.165, 1.54) is 17.3 Å². The first kappa shape index (κ1) is 18.0. The minimum atomic E-state index is -0.101. The smallest absolute Gasteiger partial charge is 0.234 e. The topological polar surface area (TPSA) is 69.0 Å². The van der Waals surface area contributed by atoms with Crippen LogP contribution < -0.4 is 10.1 Å². The van der Waals surface area contributed by atoms with Crippen LogP contribution >= 0.6 is 11.8 Å². The fourth-order valence-electron chi connectivity index (χ4n) is 2.43. The number of carbonyl (C=O) groups is 1. The predicted octanol–water partition coefficient (Wildman–Crippen LogP) is 3.15. The average molecular weight is 368 g/mol. The highest BCUT2D eigenvalue weighted by molar-refractivity contribution is 7.99. The molecule has 0 aliphatic carbocycles. The molecule has 0 aliphatic rings. The number of thioether (sulfide) groups is 1. The number of hydrogen-bond acceptors (Lipinski definition) is 5. The third kappa shape index (κ3) is 4.64. The monoisotopic (exact) mass is 368 g/mol. The Bertz CT molecular complexity index is 880. The second-order valence-corrected chi connectivity index (χ2v) is 6.63. The van der Waals surface area contributed by atoms with E-state index in [2.05, 4.69) is 27.6 Å². The first-order valence-electron chi connectivity index (χ1n) is 8.14. The highest BCUT2D eigenvalue weighted by Crippen LogP contribution is 2.19. The molecule has 1 amide bonds. The molecule has 0 bridgehead atoms. The largest absolute Gasteiger partial charge is 0.497 e. The molecule has 2 aromatic carbocycles. The maximum atomic E-state index is 12.2. The number of ether oxygens (including phenoxy) is 1. The maximum absolute atomic E-state index is 12.2. The molecular weight excluding hydrogens is 348 g/mol. The molecule has 1 aromatic heterocycles. The van der Waals surface area contributed by atoms with Crippen molar-refractivity contribution in [1.29, 1.82) is 0 Å². The lowest BCUT2D eigenvalue weighted by Crippen LogP contribution is -2.14. The van der Waals surface area contributed by atoms with Crippen molar-refractivity contribution in [3.05, 3.63) is 66.0 Å². The first-order valence-corrected chi connectivity index (χ1v) is 9.13. The van der Waals surface area contributed by atoms with Crippen molar-refractivity contribution in [2.75, 3.05) is 18.2 Å². The summed E-state index contributed by atoms with van der Waals surface area (Å²) in [6.07, 6.45) is 0.709. The number of aromatic nitrogens is 3. The average Bonchev–Trinajstić information content (AvgIpc) is 3.01. The molecule has 0 fully saturated rings. The zero-order valence-corrected chi connectivity index (χ0v) is 15.5. The Morgan fingerprint density at radius 2 is 1.96 bits per heavy atom. The second kappa shape index (κ2) is 8.53. The Kier molecular flexibility index (Phi) is 5.91. The zero-order valence-electron chi connectivity index (χ0n) is 14.7. The van der Waals surface area contributed by atoms with E-state index in [1.54, 1.807) is 13.2 Å². The summed E-state index contributed by atoms with van der Waals surface area (Å²) >= 11 is 1.36.